The predicted octanol–water partition coefficient (Wildman–Crippen LogP) is 11.2. The van der Waals surface area contributed by atoms with Crippen molar-refractivity contribution in [2.24, 2.45) is 0 Å². The molecule has 0 aliphatic rings. The van der Waals surface area contributed by atoms with E-state index in [1.165, 1.54) is 76.2 Å². The quantitative estimate of drug-likeness (QED) is 0.163. The summed E-state index contributed by atoms with van der Waals surface area (Å²) in [5, 5.41) is 0.537. The average molecular weight is 503 g/mol. The maximum atomic E-state index is 14.1. The standard InChI is InChI=1S/C32H48ClFO/c1-3-5-7-9-10-11-12-13-14-15-17-27-19-21-28(22-20-27)29-23-24-32(31(33)25-29)35-26-30(34)18-16-8-6-4-2/h19-25,30H,3-18,26H2,1-2H3/t30-/m0/s1. The Kier molecular flexibility index (Phi) is 15.9. The molecule has 0 heterocycles. The van der Waals surface area contributed by atoms with E-state index in [-0.39, 0.29) is 6.61 Å². The molecule has 2 aromatic rings. The highest BCUT2D eigenvalue weighted by Crippen LogP contribution is 2.31. The largest absolute Gasteiger partial charge is 0.489 e. The van der Waals surface area contributed by atoms with Gasteiger partial charge in [0.05, 0.1) is 5.02 Å². The topological polar surface area (TPSA) is 9.23 Å². The molecular weight excluding hydrogens is 455 g/mol. The Morgan fingerprint density at radius 2 is 1.23 bits per heavy atom. The first-order valence-corrected chi connectivity index (χ1v) is 14.7. The Labute approximate surface area is 219 Å². The van der Waals surface area contributed by atoms with E-state index in [0.717, 1.165) is 36.8 Å². The van der Waals surface area contributed by atoms with Gasteiger partial charge >= 0.3 is 0 Å². The number of aryl methyl sites for hydroxylation is 1. The minimum atomic E-state index is -0.939. The third kappa shape index (κ3) is 12.8. The van der Waals surface area contributed by atoms with Crippen LogP contribution in [-0.2, 0) is 6.42 Å². The SMILES string of the molecule is CCCCCCCCCCCCc1ccc(-c2ccc(OC[C@@H](F)CCCCCC)c(Cl)c2)cc1. The smallest absolute Gasteiger partial charge is 0.138 e. The van der Waals surface area contributed by atoms with Gasteiger partial charge in [-0.3, -0.25) is 0 Å². The Bertz CT molecular complexity index is 789. The molecule has 0 N–H and O–H groups in total. The molecule has 0 bridgehead atoms. The molecule has 0 saturated heterocycles. The lowest BCUT2D eigenvalue weighted by molar-refractivity contribution is 0.184. The molecule has 2 rings (SSSR count). The van der Waals surface area contributed by atoms with Crippen LogP contribution in [0, 0.1) is 0 Å². The molecule has 35 heavy (non-hydrogen) atoms. The second-order valence-corrected chi connectivity index (χ2v) is 10.4. The van der Waals surface area contributed by atoms with E-state index in [2.05, 4.69) is 38.1 Å². The van der Waals surface area contributed by atoms with Crippen LogP contribution in [0.1, 0.15) is 116 Å². The van der Waals surface area contributed by atoms with Crippen molar-refractivity contribution >= 4 is 11.6 Å². The normalized spacial score (nSPS) is 12.1. The van der Waals surface area contributed by atoms with Gasteiger partial charge in [0.15, 0.2) is 0 Å². The van der Waals surface area contributed by atoms with Gasteiger partial charge in [-0.15, -0.1) is 0 Å². The van der Waals surface area contributed by atoms with Crippen LogP contribution in [0.2, 0.25) is 5.02 Å². The van der Waals surface area contributed by atoms with E-state index in [0.29, 0.717) is 17.2 Å². The Morgan fingerprint density at radius 1 is 0.686 bits per heavy atom. The number of rotatable bonds is 20. The van der Waals surface area contributed by atoms with Gasteiger partial charge in [0, 0.05) is 0 Å². The summed E-state index contributed by atoms with van der Waals surface area (Å²) in [6.07, 6.45) is 18.8. The van der Waals surface area contributed by atoms with Crippen molar-refractivity contribution in [3.8, 4) is 16.9 Å². The summed E-state index contributed by atoms with van der Waals surface area (Å²) in [6.45, 7) is 4.51. The lowest BCUT2D eigenvalue weighted by Crippen LogP contribution is -2.13. The maximum absolute atomic E-state index is 14.1. The van der Waals surface area contributed by atoms with Gasteiger partial charge < -0.3 is 4.74 Å². The number of unbranched alkanes of at least 4 members (excludes halogenated alkanes) is 12. The van der Waals surface area contributed by atoms with Crippen molar-refractivity contribution in [2.45, 2.75) is 123 Å². The van der Waals surface area contributed by atoms with Crippen LogP contribution in [0.25, 0.3) is 11.1 Å². The first-order valence-electron chi connectivity index (χ1n) is 14.3. The van der Waals surface area contributed by atoms with Crippen LogP contribution < -0.4 is 4.74 Å². The van der Waals surface area contributed by atoms with Gasteiger partial charge in [-0.1, -0.05) is 139 Å². The molecule has 0 fully saturated rings. The second kappa shape index (κ2) is 18.7. The van der Waals surface area contributed by atoms with Crippen LogP contribution >= 0.6 is 11.6 Å². The van der Waals surface area contributed by atoms with Crippen molar-refractivity contribution in [1.82, 2.24) is 0 Å². The van der Waals surface area contributed by atoms with Crippen LogP contribution in [0.15, 0.2) is 42.5 Å². The summed E-state index contributed by atoms with van der Waals surface area (Å²) in [4.78, 5) is 0. The van der Waals surface area contributed by atoms with Crippen LogP contribution in [0.5, 0.6) is 5.75 Å². The van der Waals surface area contributed by atoms with Crippen molar-refractivity contribution < 1.29 is 9.13 Å². The molecule has 0 amide bonds. The lowest BCUT2D eigenvalue weighted by Gasteiger charge is -2.13. The van der Waals surface area contributed by atoms with E-state index >= 15 is 0 Å². The Hall–Kier alpha value is -1.54. The summed E-state index contributed by atoms with van der Waals surface area (Å²) < 4.78 is 19.7. The van der Waals surface area contributed by atoms with E-state index < -0.39 is 6.17 Å². The minimum Gasteiger partial charge on any atom is -0.489 e. The molecule has 3 heteroatoms. The zero-order valence-corrected chi connectivity index (χ0v) is 23.1. The molecule has 0 aromatic heterocycles. The molecule has 0 saturated carbocycles. The monoisotopic (exact) mass is 502 g/mol. The zero-order chi connectivity index (χ0) is 25.1. The van der Waals surface area contributed by atoms with Gasteiger partial charge in [-0.2, -0.15) is 0 Å². The average Bonchev–Trinajstić information content (AvgIpc) is 2.87. The van der Waals surface area contributed by atoms with Crippen LogP contribution in [0.4, 0.5) is 4.39 Å². The molecule has 0 aliphatic carbocycles. The lowest BCUT2D eigenvalue weighted by atomic mass is 10.0. The van der Waals surface area contributed by atoms with Crippen molar-refractivity contribution in [3.63, 3.8) is 0 Å². The number of halogens is 2. The highest BCUT2D eigenvalue weighted by molar-refractivity contribution is 6.32. The van der Waals surface area contributed by atoms with E-state index in [1.807, 2.05) is 18.2 Å². The van der Waals surface area contributed by atoms with Gasteiger partial charge in [-0.05, 0) is 48.1 Å². The summed E-state index contributed by atoms with van der Waals surface area (Å²) in [5.41, 5.74) is 3.60. The maximum Gasteiger partial charge on any atom is 0.138 e. The minimum absolute atomic E-state index is 0.0683. The first kappa shape index (κ1) is 29.7. The van der Waals surface area contributed by atoms with E-state index in [4.69, 9.17) is 16.3 Å². The third-order valence-corrected chi connectivity index (χ3v) is 7.12. The van der Waals surface area contributed by atoms with Crippen molar-refractivity contribution in [3.05, 3.63) is 53.1 Å². The Balaban J connectivity index is 1.68. The Morgan fingerprint density at radius 3 is 1.83 bits per heavy atom. The molecule has 0 spiro atoms. The van der Waals surface area contributed by atoms with Gasteiger partial charge in [0.2, 0.25) is 0 Å². The predicted molar refractivity (Wildman–Crippen MR) is 152 cm³/mol. The number of benzene rings is 2. The highest BCUT2D eigenvalue weighted by atomic mass is 35.5. The molecule has 196 valence electrons. The van der Waals surface area contributed by atoms with Gasteiger partial charge in [-0.25, -0.2) is 4.39 Å². The summed E-state index contributed by atoms with van der Waals surface area (Å²) in [5.74, 6) is 0.559. The second-order valence-electron chi connectivity index (χ2n) is 10.0. The fourth-order valence-electron chi connectivity index (χ4n) is 4.53. The van der Waals surface area contributed by atoms with Gasteiger partial charge in [0.1, 0.15) is 18.5 Å². The number of hydrogen-bond acceptors (Lipinski definition) is 1. The number of hydrogen-bond donors (Lipinski definition) is 0. The van der Waals surface area contributed by atoms with Gasteiger partial charge in [0.25, 0.3) is 0 Å². The molecule has 0 unspecified atom stereocenters. The zero-order valence-electron chi connectivity index (χ0n) is 22.3. The number of ether oxygens (including phenoxy) is 1. The first-order chi connectivity index (χ1) is 17.1. The molecule has 0 aliphatic heterocycles. The molecule has 1 nitrogen and oxygen atoms in total. The van der Waals surface area contributed by atoms with Crippen LogP contribution in [0.3, 0.4) is 0 Å². The van der Waals surface area contributed by atoms with Crippen molar-refractivity contribution in [1.29, 1.82) is 0 Å². The van der Waals surface area contributed by atoms with Crippen molar-refractivity contribution in [2.75, 3.05) is 6.61 Å². The molecule has 2 aromatic carbocycles. The fraction of sp³-hybridized carbons (Fsp3) is 0.625. The molecule has 0 radical (unpaired) electrons. The third-order valence-electron chi connectivity index (χ3n) is 6.83. The number of alkyl halides is 1. The highest BCUT2D eigenvalue weighted by Gasteiger charge is 2.10. The summed E-state index contributed by atoms with van der Waals surface area (Å²) in [7, 11) is 0. The van der Waals surface area contributed by atoms with E-state index in [1.54, 1.807) is 0 Å². The molecular formula is C32H48ClFO. The summed E-state index contributed by atoms with van der Waals surface area (Å²) >= 11 is 6.44. The summed E-state index contributed by atoms with van der Waals surface area (Å²) in [6, 6.07) is 14.6. The van der Waals surface area contributed by atoms with E-state index in [9.17, 15) is 4.39 Å². The molecule has 1 atom stereocenters. The van der Waals surface area contributed by atoms with Crippen LogP contribution in [-0.4, -0.2) is 12.8 Å². The fourth-order valence-corrected chi connectivity index (χ4v) is 4.77.